The number of aromatic nitrogens is 1. The number of methoxy groups -OCH3 is 1. The molecule has 0 radical (unpaired) electrons. The van der Waals surface area contributed by atoms with Gasteiger partial charge in [0.15, 0.2) is 0 Å². The summed E-state index contributed by atoms with van der Waals surface area (Å²) in [7, 11) is 1.37. The number of ether oxygens (including phenoxy) is 1. The summed E-state index contributed by atoms with van der Waals surface area (Å²) in [5.74, 6) is -0.359. The van der Waals surface area contributed by atoms with Gasteiger partial charge in [-0.15, -0.1) is 0 Å². The Balaban J connectivity index is 2.40. The third-order valence-corrected chi connectivity index (χ3v) is 3.16. The van der Waals surface area contributed by atoms with Crippen LogP contribution in [0.2, 0.25) is 0 Å². The molecule has 0 spiro atoms. The van der Waals surface area contributed by atoms with Gasteiger partial charge >= 0.3 is 5.97 Å². The second-order valence-electron chi connectivity index (χ2n) is 3.83. The molecule has 18 heavy (non-hydrogen) atoms. The van der Waals surface area contributed by atoms with Crippen LogP contribution in [0.15, 0.2) is 40.9 Å². The summed E-state index contributed by atoms with van der Waals surface area (Å²) in [6, 6.07) is 11.4. The molecule has 0 aliphatic carbocycles. The van der Waals surface area contributed by atoms with E-state index in [1.165, 1.54) is 7.11 Å². The van der Waals surface area contributed by atoms with Crippen LogP contribution in [0.25, 0.3) is 11.3 Å². The minimum absolute atomic E-state index is 0.359. The summed E-state index contributed by atoms with van der Waals surface area (Å²) < 4.78 is 5.72. The highest BCUT2D eigenvalue weighted by Gasteiger charge is 2.11. The van der Waals surface area contributed by atoms with E-state index in [9.17, 15) is 4.79 Å². The molecular weight excluding hydrogens is 294 g/mol. The Morgan fingerprint density at radius 3 is 2.39 bits per heavy atom. The van der Waals surface area contributed by atoms with Crippen LogP contribution in [0.3, 0.4) is 0 Å². The van der Waals surface area contributed by atoms with E-state index in [4.69, 9.17) is 4.74 Å². The van der Waals surface area contributed by atoms with Crippen molar-refractivity contribution in [3.63, 3.8) is 0 Å². The fraction of sp³-hybridized carbons (Fsp3) is 0.143. The lowest BCUT2D eigenvalue weighted by Crippen LogP contribution is -2.05. The van der Waals surface area contributed by atoms with E-state index in [0.29, 0.717) is 11.3 Å². The Morgan fingerprint density at radius 2 is 1.83 bits per heavy atom. The Hall–Kier alpha value is -1.68. The van der Waals surface area contributed by atoms with Crippen molar-refractivity contribution in [2.45, 2.75) is 6.92 Å². The third kappa shape index (κ3) is 2.59. The summed E-state index contributed by atoms with van der Waals surface area (Å²) in [4.78, 5) is 15.9. The van der Waals surface area contributed by atoms with E-state index < -0.39 is 0 Å². The first-order valence-electron chi connectivity index (χ1n) is 5.43. The van der Waals surface area contributed by atoms with E-state index in [2.05, 4.69) is 20.9 Å². The van der Waals surface area contributed by atoms with Crippen molar-refractivity contribution < 1.29 is 9.53 Å². The number of pyridine rings is 1. The lowest BCUT2D eigenvalue weighted by molar-refractivity contribution is 0.0599. The van der Waals surface area contributed by atoms with Gasteiger partial charge < -0.3 is 4.74 Å². The van der Waals surface area contributed by atoms with Crippen LogP contribution in [0.1, 0.15) is 16.1 Å². The van der Waals surface area contributed by atoms with Crippen molar-refractivity contribution in [1.29, 1.82) is 0 Å². The zero-order chi connectivity index (χ0) is 13.1. The first-order chi connectivity index (χ1) is 8.61. The quantitative estimate of drug-likeness (QED) is 0.796. The molecule has 0 unspecified atom stereocenters. The topological polar surface area (TPSA) is 39.2 Å². The van der Waals surface area contributed by atoms with E-state index in [0.717, 1.165) is 15.7 Å². The Labute approximate surface area is 114 Å². The second-order valence-corrected chi connectivity index (χ2v) is 4.74. The molecule has 0 N–H and O–H groups in total. The summed E-state index contributed by atoms with van der Waals surface area (Å²) in [6.07, 6.45) is 0. The molecule has 0 bridgehead atoms. The summed E-state index contributed by atoms with van der Waals surface area (Å²) in [5, 5.41) is 0. The first kappa shape index (κ1) is 12.8. The van der Waals surface area contributed by atoms with Crippen LogP contribution in [-0.4, -0.2) is 18.1 Å². The van der Waals surface area contributed by atoms with Gasteiger partial charge in [-0.1, -0.05) is 28.1 Å². The van der Waals surface area contributed by atoms with E-state index in [1.54, 1.807) is 13.0 Å². The molecular formula is C14H12BrNO2. The molecule has 0 atom stereocenters. The van der Waals surface area contributed by atoms with E-state index in [1.807, 2.05) is 30.3 Å². The highest BCUT2D eigenvalue weighted by atomic mass is 79.9. The number of esters is 1. The highest BCUT2D eigenvalue weighted by molar-refractivity contribution is 9.10. The predicted molar refractivity (Wildman–Crippen MR) is 73.4 cm³/mol. The molecule has 1 aromatic heterocycles. The third-order valence-electron chi connectivity index (χ3n) is 2.63. The summed E-state index contributed by atoms with van der Waals surface area (Å²) in [6.45, 7) is 1.80. The van der Waals surface area contributed by atoms with E-state index >= 15 is 0 Å². The van der Waals surface area contributed by atoms with Crippen molar-refractivity contribution in [3.05, 3.63) is 52.1 Å². The number of aryl methyl sites for hydroxylation is 1. The number of hydrogen-bond acceptors (Lipinski definition) is 3. The molecule has 0 amide bonds. The molecule has 0 saturated heterocycles. The van der Waals surface area contributed by atoms with Crippen molar-refractivity contribution in [3.8, 4) is 11.3 Å². The molecule has 3 nitrogen and oxygen atoms in total. The zero-order valence-electron chi connectivity index (χ0n) is 10.1. The maximum atomic E-state index is 11.5. The van der Waals surface area contributed by atoms with Gasteiger partial charge in [0.25, 0.3) is 0 Å². The van der Waals surface area contributed by atoms with Gasteiger partial charge in [0.05, 0.1) is 24.1 Å². The van der Waals surface area contributed by atoms with Gasteiger partial charge in [0, 0.05) is 10.0 Å². The lowest BCUT2D eigenvalue weighted by Gasteiger charge is -2.06. The van der Waals surface area contributed by atoms with Gasteiger partial charge in [-0.05, 0) is 31.2 Å². The Kier molecular flexibility index (Phi) is 3.77. The maximum absolute atomic E-state index is 11.5. The fourth-order valence-electron chi connectivity index (χ4n) is 1.67. The molecule has 0 aliphatic rings. The van der Waals surface area contributed by atoms with Gasteiger partial charge in [0.1, 0.15) is 0 Å². The predicted octanol–water partition coefficient (Wildman–Crippen LogP) is 3.61. The highest BCUT2D eigenvalue weighted by Crippen LogP contribution is 2.21. The van der Waals surface area contributed by atoms with Crippen LogP contribution in [0, 0.1) is 6.92 Å². The van der Waals surface area contributed by atoms with Gasteiger partial charge in [-0.2, -0.15) is 0 Å². The Morgan fingerprint density at radius 1 is 1.17 bits per heavy atom. The molecule has 1 aromatic carbocycles. The monoisotopic (exact) mass is 305 g/mol. The summed E-state index contributed by atoms with van der Waals surface area (Å²) in [5.41, 5.74) is 3.02. The van der Waals surface area contributed by atoms with Crippen LogP contribution < -0.4 is 0 Å². The van der Waals surface area contributed by atoms with Crippen molar-refractivity contribution >= 4 is 21.9 Å². The molecule has 4 heteroatoms. The molecule has 0 aliphatic heterocycles. The van der Waals surface area contributed by atoms with Crippen molar-refractivity contribution in [2.24, 2.45) is 0 Å². The molecule has 1 heterocycles. The van der Waals surface area contributed by atoms with Crippen LogP contribution in [0.5, 0.6) is 0 Å². The van der Waals surface area contributed by atoms with Gasteiger partial charge in [-0.25, -0.2) is 4.79 Å². The number of nitrogens with zero attached hydrogens (tertiary/aromatic N) is 1. The molecule has 0 fully saturated rings. The summed E-state index contributed by atoms with van der Waals surface area (Å²) >= 11 is 3.39. The number of benzene rings is 1. The van der Waals surface area contributed by atoms with Crippen molar-refractivity contribution in [2.75, 3.05) is 7.11 Å². The fourth-order valence-corrected chi connectivity index (χ4v) is 1.93. The largest absolute Gasteiger partial charge is 0.465 e. The minimum Gasteiger partial charge on any atom is -0.465 e. The number of carbonyl (C=O) groups excluding carboxylic acids is 1. The standard InChI is InChI=1S/C14H12BrNO2/c1-9-12(14(17)18-2)7-8-13(16-9)10-3-5-11(15)6-4-10/h3-8H,1-2H3. The maximum Gasteiger partial charge on any atom is 0.339 e. The Bertz CT molecular complexity index is 579. The number of halogens is 1. The van der Waals surface area contributed by atoms with Crippen LogP contribution in [0.4, 0.5) is 0 Å². The minimum atomic E-state index is -0.359. The second kappa shape index (κ2) is 5.31. The van der Waals surface area contributed by atoms with Gasteiger partial charge in [-0.3, -0.25) is 4.98 Å². The molecule has 2 rings (SSSR count). The SMILES string of the molecule is COC(=O)c1ccc(-c2ccc(Br)cc2)nc1C. The average molecular weight is 306 g/mol. The van der Waals surface area contributed by atoms with Crippen LogP contribution in [-0.2, 0) is 4.74 Å². The number of rotatable bonds is 2. The van der Waals surface area contributed by atoms with E-state index in [-0.39, 0.29) is 5.97 Å². The lowest BCUT2D eigenvalue weighted by atomic mass is 10.1. The van der Waals surface area contributed by atoms with Gasteiger partial charge in [0.2, 0.25) is 0 Å². The number of carbonyl (C=O) groups is 1. The zero-order valence-corrected chi connectivity index (χ0v) is 11.7. The van der Waals surface area contributed by atoms with Crippen LogP contribution >= 0.6 is 15.9 Å². The average Bonchev–Trinajstić information content (AvgIpc) is 2.38. The van der Waals surface area contributed by atoms with Crippen molar-refractivity contribution in [1.82, 2.24) is 4.98 Å². The smallest absolute Gasteiger partial charge is 0.339 e. The normalized spacial score (nSPS) is 10.2. The number of hydrogen-bond donors (Lipinski definition) is 0. The first-order valence-corrected chi connectivity index (χ1v) is 6.23. The molecule has 92 valence electrons. The molecule has 2 aromatic rings. The molecule has 0 saturated carbocycles.